The minimum absolute atomic E-state index is 0.131. The molecule has 5 nitrogen and oxygen atoms in total. The minimum Gasteiger partial charge on any atom is -0.496 e. The second-order valence-corrected chi connectivity index (χ2v) is 7.40. The Balaban J connectivity index is 1.70. The average molecular weight is 459 g/mol. The zero-order valence-corrected chi connectivity index (χ0v) is 18.1. The first kappa shape index (κ1) is 24.1. The number of halogens is 3. The van der Waals surface area contributed by atoms with E-state index in [1.165, 1.54) is 12.1 Å². The van der Waals surface area contributed by atoms with Gasteiger partial charge in [-0.1, -0.05) is 42.5 Å². The third-order valence-corrected chi connectivity index (χ3v) is 5.24. The highest BCUT2D eigenvalue weighted by molar-refractivity contribution is 5.77. The van der Waals surface area contributed by atoms with Gasteiger partial charge in [0.25, 0.3) is 0 Å². The van der Waals surface area contributed by atoms with E-state index in [0.29, 0.717) is 17.1 Å². The van der Waals surface area contributed by atoms with Crippen molar-refractivity contribution in [2.45, 2.75) is 25.2 Å². The fourth-order valence-corrected chi connectivity index (χ4v) is 3.48. The maximum Gasteiger partial charge on any atom is 0.416 e. The third kappa shape index (κ3) is 6.04. The van der Waals surface area contributed by atoms with Gasteiger partial charge in [-0.15, -0.1) is 0 Å². The Hall–Kier alpha value is -3.52. The van der Waals surface area contributed by atoms with Gasteiger partial charge in [0.2, 0.25) is 0 Å². The predicted octanol–water partition coefficient (Wildman–Crippen LogP) is 5.18. The summed E-state index contributed by atoms with van der Waals surface area (Å²) in [5, 5.41) is 12.5. The quantitative estimate of drug-likeness (QED) is 0.462. The SMILES string of the molecule is COc1cccc(OC)c1-c1ccc(C[C@H](NCc2ccc(C(F)(F)F)cc2)C(=O)O)cc1. The van der Waals surface area contributed by atoms with E-state index in [2.05, 4.69) is 5.32 Å². The molecule has 8 heteroatoms. The molecule has 0 amide bonds. The van der Waals surface area contributed by atoms with Gasteiger partial charge in [0.1, 0.15) is 17.5 Å². The first-order valence-electron chi connectivity index (χ1n) is 10.2. The van der Waals surface area contributed by atoms with E-state index >= 15 is 0 Å². The lowest BCUT2D eigenvalue weighted by atomic mass is 9.99. The molecule has 174 valence electrons. The Morgan fingerprint density at radius 2 is 1.45 bits per heavy atom. The van der Waals surface area contributed by atoms with Crippen molar-refractivity contribution in [1.82, 2.24) is 5.32 Å². The molecule has 0 spiro atoms. The summed E-state index contributed by atoms with van der Waals surface area (Å²) in [5.74, 6) is 0.268. The van der Waals surface area contributed by atoms with Crippen LogP contribution in [0.2, 0.25) is 0 Å². The summed E-state index contributed by atoms with van der Waals surface area (Å²) < 4.78 is 49.0. The lowest BCUT2D eigenvalue weighted by Gasteiger charge is -2.16. The lowest BCUT2D eigenvalue weighted by Crippen LogP contribution is -2.38. The van der Waals surface area contributed by atoms with Crippen LogP contribution in [-0.4, -0.2) is 31.3 Å². The van der Waals surface area contributed by atoms with Gasteiger partial charge < -0.3 is 19.9 Å². The molecule has 0 bridgehead atoms. The first-order valence-corrected chi connectivity index (χ1v) is 10.2. The topological polar surface area (TPSA) is 67.8 Å². The molecular weight excluding hydrogens is 435 g/mol. The van der Waals surface area contributed by atoms with Crippen LogP contribution in [0.15, 0.2) is 66.7 Å². The third-order valence-electron chi connectivity index (χ3n) is 5.24. The molecule has 0 aliphatic heterocycles. The van der Waals surface area contributed by atoms with Crippen molar-refractivity contribution in [2.24, 2.45) is 0 Å². The Morgan fingerprint density at radius 3 is 1.94 bits per heavy atom. The number of carbonyl (C=O) groups is 1. The number of hydrogen-bond acceptors (Lipinski definition) is 4. The maximum atomic E-state index is 12.7. The highest BCUT2D eigenvalue weighted by Crippen LogP contribution is 2.38. The minimum atomic E-state index is -4.41. The van der Waals surface area contributed by atoms with Gasteiger partial charge in [0.05, 0.1) is 25.3 Å². The summed E-state index contributed by atoms with van der Waals surface area (Å²) >= 11 is 0. The fourth-order valence-electron chi connectivity index (χ4n) is 3.48. The smallest absolute Gasteiger partial charge is 0.416 e. The largest absolute Gasteiger partial charge is 0.496 e. The van der Waals surface area contributed by atoms with Gasteiger partial charge in [0.15, 0.2) is 0 Å². The molecule has 1 atom stereocenters. The zero-order valence-electron chi connectivity index (χ0n) is 18.1. The van der Waals surface area contributed by atoms with Crippen molar-refractivity contribution in [1.29, 1.82) is 0 Å². The van der Waals surface area contributed by atoms with Gasteiger partial charge in [0, 0.05) is 6.54 Å². The van der Waals surface area contributed by atoms with Gasteiger partial charge in [-0.2, -0.15) is 13.2 Å². The van der Waals surface area contributed by atoms with Crippen LogP contribution in [0.3, 0.4) is 0 Å². The molecule has 3 rings (SSSR count). The monoisotopic (exact) mass is 459 g/mol. The Labute approximate surface area is 189 Å². The number of hydrogen-bond donors (Lipinski definition) is 2. The molecule has 33 heavy (non-hydrogen) atoms. The first-order chi connectivity index (χ1) is 15.7. The summed E-state index contributed by atoms with van der Waals surface area (Å²) in [6.07, 6.45) is -4.20. The Morgan fingerprint density at radius 1 is 0.909 bits per heavy atom. The van der Waals surface area contributed by atoms with Crippen molar-refractivity contribution in [3.63, 3.8) is 0 Å². The molecule has 0 saturated carbocycles. The van der Waals surface area contributed by atoms with Gasteiger partial charge in [-0.05, 0) is 47.4 Å². The normalized spacial score (nSPS) is 12.3. The number of carboxylic acids is 1. The molecule has 0 aromatic heterocycles. The summed E-state index contributed by atoms with van der Waals surface area (Å²) in [6, 6.07) is 16.6. The number of ether oxygens (including phenoxy) is 2. The number of benzene rings is 3. The van der Waals surface area contributed by atoms with Crippen molar-refractivity contribution in [3.05, 3.63) is 83.4 Å². The number of aliphatic carboxylic acids is 1. The van der Waals surface area contributed by atoms with Crippen molar-refractivity contribution >= 4 is 5.97 Å². The summed E-state index contributed by atoms with van der Waals surface area (Å²) in [7, 11) is 3.15. The van der Waals surface area contributed by atoms with Crippen molar-refractivity contribution in [2.75, 3.05) is 14.2 Å². The van der Waals surface area contributed by atoms with E-state index in [4.69, 9.17) is 9.47 Å². The van der Waals surface area contributed by atoms with Crippen molar-refractivity contribution in [3.8, 4) is 22.6 Å². The predicted molar refractivity (Wildman–Crippen MR) is 118 cm³/mol. The molecule has 3 aromatic carbocycles. The second-order valence-electron chi connectivity index (χ2n) is 7.40. The Bertz CT molecular complexity index is 1060. The van der Waals surface area contributed by atoms with Crippen LogP contribution in [0.4, 0.5) is 13.2 Å². The molecule has 3 aromatic rings. The molecule has 0 aliphatic rings. The van der Waals surface area contributed by atoms with E-state index in [-0.39, 0.29) is 13.0 Å². The van der Waals surface area contributed by atoms with Crippen LogP contribution in [0.5, 0.6) is 11.5 Å². The number of methoxy groups -OCH3 is 2. The molecule has 0 radical (unpaired) electrons. The van der Waals surface area contributed by atoms with E-state index in [1.807, 2.05) is 42.5 Å². The standard InChI is InChI=1S/C25H24F3NO4/c1-32-21-4-3-5-22(33-2)23(21)18-10-6-16(7-11-18)14-20(24(30)31)29-15-17-8-12-19(13-9-17)25(26,27)28/h3-13,20,29H,14-15H2,1-2H3,(H,30,31)/t20-/m0/s1. The van der Waals surface area contributed by atoms with Gasteiger partial charge in [-0.25, -0.2) is 0 Å². The molecule has 0 saturated heterocycles. The highest BCUT2D eigenvalue weighted by atomic mass is 19.4. The number of nitrogens with one attached hydrogen (secondary N) is 1. The van der Waals surface area contributed by atoms with Crippen molar-refractivity contribution < 1.29 is 32.5 Å². The van der Waals surface area contributed by atoms with Crippen LogP contribution >= 0.6 is 0 Å². The molecule has 0 heterocycles. The van der Waals surface area contributed by atoms with Crippen LogP contribution < -0.4 is 14.8 Å². The second kappa shape index (κ2) is 10.4. The van der Waals surface area contributed by atoms with E-state index < -0.39 is 23.8 Å². The lowest BCUT2D eigenvalue weighted by molar-refractivity contribution is -0.139. The van der Waals surface area contributed by atoms with Crippen LogP contribution in [0.25, 0.3) is 11.1 Å². The highest BCUT2D eigenvalue weighted by Gasteiger charge is 2.30. The van der Waals surface area contributed by atoms with Crippen LogP contribution in [0, 0.1) is 0 Å². The molecular formula is C25H24F3NO4. The molecule has 0 unspecified atom stereocenters. The fraction of sp³-hybridized carbons (Fsp3) is 0.240. The van der Waals surface area contributed by atoms with Gasteiger partial charge >= 0.3 is 12.1 Å². The summed E-state index contributed by atoms with van der Waals surface area (Å²) in [6.45, 7) is 0.131. The van der Waals surface area contributed by atoms with E-state index in [0.717, 1.165) is 28.8 Å². The molecule has 2 N–H and O–H groups in total. The van der Waals surface area contributed by atoms with Crippen LogP contribution in [0.1, 0.15) is 16.7 Å². The van der Waals surface area contributed by atoms with Gasteiger partial charge in [-0.3, -0.25) is 4.79 Å². The van der Waals surface area contributed by atoms with E-state index in [1.54, 1.807) is 14.2 Å². The Kier molecular flexibility index (Phi) is 7.60. The molecule has 0 aliphatic carbocycles. The summed E-state index contributed by atoms with van der Waals surface area (Å²) in [5.41, 5.74) is 2.27. The number of rotatable bonds is 9. The number of carboxylic acid groups (broad SMARTS) is 1. The van der Waals surface area contributed by atoms with E-state index in [9.17, 15) is 23.1 Å². The zero-order chi connectivity index (χ0) is 24.0. The number of alkyl halides is 3. The summed E-state index contributed by atoms with van der Waals surface area (Å²) in [4.78, 5) is 11.7. The van der Waals surface area contributed by atoms with Crippen LogP contribution in [-0.2, 0) is 23.9 Å². The average Bonchev–Trinajstić information content (AvgIpc) is 2.81. The molecule has 0 fully saturated rings. The maximum absolute atomic E-state index is 12.7.